The highest BCUT2D eigenvalue weighted by atomic mass is 32.1. The molecule has 0 saturated heterocycles. The molecule has 1 N–H and O–H groups in total. The van der Waals surface area contributed by atoms with Crippen LogP contribution in [0.3, 0.4) is 0 Å². The van der Waals surface area contributed by atoms with Gasteiger partial charge in [0.15, 0.2) is 0 Å². The Balaban J connectivity index is 1.71. The van der Waals surface area contributed by atoms with Gasteiger partial charge >= 0.3 is 0 Å². The SMILES string of the molecule is Cc1csc(CC(CNC2CC2)c2ccccc2)n1. The van der Waals surface area contributed by atoms with Crippen molar-refractivity contribution in [1.82, 2.24) is 10.3 Å². The lowest BCUT2D eigenvalue weighted by molar-refractivity contribution is 0.576. The Morgan fingerprint density at radius 3 is 2.74 bits per heavy atom. The highest BCUT2D eigenvalue weighted by molar-refractivity contribution is 7.09. The van der Waals surface area contributed by atoms with Gasteiger partial charge in [-0.15, -0.1) is 11.3 Å². The Bertz CT molecular complexity index is 517. The first-order valence-electron chi connectivity index (χ1n) is 7.00. The number of hydrogen-bond donors (Lipinski definition) is 1. The van der Waals surface area contributed by atoms with Crippen molar-refractivity contribution >= 4 is 11.3 Å². The van der Waals surface area contributed by atoms with Gasteiger partial charge in [-0.05, 0) is 25.3 Å². The van der Waals surface area contributed by atoms with Crippen LogP contribution in [0, 0.1) is 6.92 Å². The van der Waals surface area contributed by atoms with Crippen LogP contribution in [-0.4, -0.2) is 17.6 Å². The van der Waals surface area contributed by atoms with E-state index in [0.29, 0.717) is 5.92 Å². The van der Waals surface area contributed by atoms with Gasteiger partial charge in [-0.2, -0.15) is 0 Å². The molecule has 1 atom stereocenters. The van der Waals surface area contributed by atoms with E-state index in [1.54, 1.807) is 11.3 Å². The number of nitrogens with one attached hydrogen (secondary N) is 1. The number of nitrogens with zero attached hydrogens (tertiary/aromatic N) is 1. The fourth-order valence-corrected chi connectivity index (χ4v) is 3.19. The van der Waals surface area contributed by atoms with Gasteiger partial charge in [-0.3, -0.25) is 0 Å². The molecule has 0 aliphatic heterocycles. The van der Waals surface area contributed by atoms with E-state index in [-0.39, 0.29) is 0 Å². The lowest BCUT2D eigenvalue weighted by Gasteiger charge is -2.17. The molecule has 3 heteroatoms. The van der Waals surface area contributed by atoms with Crippen LogP contribution in [0.2, 0.25) is 0 Å². The van der Waals surface area contributed by atoms with Crippen molar-refractivity contribution in [1.29, 1.82) is 0 Å². The first-order valence-corrected chi connectivity index (χ1v) is 7.88. The van der Waals surface area contributed by atoms with E-state index in [2.05, 4.69) is 52.9 Å². The van der Waals surface area contributed by atoms with Crippen LogP contribution >= 0.6 is 11.3 Å². The molecule has 1 aliphatic rings. The van der Waals surface area contributed by atoms with Gasteiger partial charge < -0.3 is 5.32 Å². The molecule has 1 saturated carbocycles. The van der Waals surface area contributed by atoms with Gasteiger partial charge in [0, 0.05) is 36.0 Å². The minimum atomic E-state index is 0.535. The summed E-state index contributed by atoms with van der Waals surface area (Å²) in [5, 5.41) is 7.06. The van der Waals surface area contributed by atoms with Gasteiger partial charge in [0.05, 0.1) is 5.01 Å². The molecule has 3 rings (SSSR count). The molecule has 1 aromatic carbocycles. The second-order valence-electron chi connectivity index (χ2n) is 5.38. The van der Waals surface area contributed by atoms with Crippen molar-refractivity contribution in [2.45, 2.75) is 38.1 Å². The van der Waals surface area contributed by atoms with E-state index >= 15 is 0 Å². The number of hydrogen-bond acceptors (Lipinski definition) is 3. The van der Waals surface area contributed by atoms with E-state index in [9.17, 15) is 0 Å². The van der Waals surface area contributed by atoms with E-state index in [4.69, 9.17) is 0 Å². The van der Waals surface area contributed by atoms with Gasteiger partial charge in [-0.25, -0.2) is 4.98 Å². The molecule has 1 aliphatic carbocycles. The molecular formula is C16H20N2S. The van der Waals surface area contributed by atoms with Gasteiger partial charge in [0.25, 0.3) is 0 Å². The van der Waals surface area contributed by atoms with Crippen molar-refractivity contribution in [2.24, 2.45) is 0 Å². The van der Waals surface area contributed by atoms with E-state index in [1.807, 2.05) is 0 Å². The zero-order valence-corrected chi connectivity index (χ0v) is 12.1. The van der Waals surface area contributed by atoms with Crippen molar-refractivity contribution in [3.8, 4) is 0 Å². The molecule has 1 unspecified atom stereocenters. The third-order valence-electron chi connectivity index (χ3n) is 3.59. The van der Waals surface area contributed by atoms with Crippen LogP contribution in [-0.2, 0) is 6.42 Å². The van der Waals surface area contributed by atoms with Crippen molar-refractivity contribution in [2.75, 3.05) is 6.54 Å². The average Bonchev–Trinajstić information content (AvgIpc) is 3.18. The number of aryl methyl sites for hydroxylation is 1. The monoisotopic (exact) mass is 272 g/mol. The predicted molar refractivity (Wildman–Crippen MR) is 80.8 cm³/mol. The molecule has 2 nitrogen and oxygen atoms in total. The maximum Gasteiger partial charge on any atom is 0.0934 e. The standard InChI is InChI=1S/C16H20N2S/c1-12-11-19-16(18-12)9-14(10-17-15-7-8-15)13-5-3-2-4-6-13/h2-6,11,14-15,17H,7-10H2,1H3. The summed E-state index contributed by atoms with van der Waals surface area (Å²) < 4.78 is 0. The quantitative estimate of drug-likeness (QED) is 0.870. The highest BCUT2D eigenvalue weighted by Gasteiger charge is 2.23. The van der Waals surface area contributed by atoms with Gasteiger partial charge in [0.1, 0.15) is 0 Å². The highest BCUT2D eigenvalue weighted by Crippen LogP contribution is 2.25. The molecule has 1 aromatic heterocycles. The van der Waals surface area contributed by atoms with Crippen LogP contribution in [0.5, 0.6) is 0 Å². The van der Waals surface area contributed by atoms with Gasteiger partial charge in [0.2, 0.25) is 0 Å². The number of aromatic nitrogens is 1. The number of rotatable bonds is 6. The molecule has 2 aromatic rings. The average molecular weight is 272 g/mol. The summed E-state index contributed by atoms with van der Waals surface area (Å²) >= 11 is 1.78. The van der Waals surface area contributed by atoms with Crippen molar-refractivity contribution in [3.63, 3.8) is 0 Å². The summed E-state index contributed by atoms with van der Waals surface area (Å²) in [5.74, 6) is 0.535. The summed E-state index contributed by atoms with van der Waals surface area (Å²) in [4.78, 5) is 4.61. The largest absolute Gasteiger partial charge is 0.313 e. The first kappa shape index (κ1) is 12.8. The molecule has 19 heavy (non-hydrogen) atoms. The molecule has 0 bridgehead atoms. The minimum absolute atomic E-state index is 0.535. The third kappa shape index (κ3) is 3.64. The summed E-state index contributed by atoms with van der Waals surface area (Å²) in [6, 6.07) is 11.6. The van der Waals surface area contributed by atoms with Crippen LogP contribution in [0.15, 0.2) is 35.7 Å². The zero-order valence-electron chi connectivity index (χ0n) is 11.3. The van der Waals surface area contributed by atoms with Crippen LogP contribution in [0.1, 0.15) is 35.0 Å². The Morgan fingerprint density at radius 2 is 2.11 bits per heavy atom. The Hall–Kier alpha value is -1.19. The second-order valence-corrected chi connectivity index (χ2v) is 6.32. The summed E-state index contributed by atoms with van der Waals surface area (Å²) in [6.45, 7) is 3.13. The molecule has 1 fully saturated rings. The van der Waals surface area contributed by atoms with Gasteiger partial charge in [-0.1, -0.05) is 30.3 Å². The first-order chi connectivity index (χ1) is 9.31. The second kappa shape index (κ2) is 5.85. The lowest BCUT2D eigenvalue weighted by atomic mass is 9.96. The normalized spacial score (nSPS) is 16.5. The molecule has 1 heterocycles. The smallest absolute Gasteiger partial charge is 0.0934 e. The van der Waals surface area contributed by atoms with Crippen LogP contribution in [0.25, 0.3) is 0 Å². The fourth-order valence-electron chi connectivity index (χ4n) is 2.34. The van der Waals surface area contributed by atoms with E-state index in [1.165, 1.54) is 23.4 Å². The molecule has 0 spiro atoms. The molecule has 100 valence electrons. The molecule has 0 radical (unpaired) electrons. The maximum atomic E-state index is 4.61. The van der Waals surface area contributed by atoms with E-state index < -0.39 is 0 Å². The topological polar surface area (TPSA) is 24.9 Å². The zero-order chi connectivity index (χ0) is 13.1. The van der Waals surface area contributed by atoms with Crippen LogP contribution < -0.4 is 5.32 Å². The third-order valence-corrected chi connectivity index (χ3v) is 4.58. The summed E-state index contributed by atoms with van der Waals surface area (Å²) in [6.07, 6.45) is 3.73. The minimum Gasteiger partial charge on any atom is -0.313 e. The molecular weight excluding hydrogens is 252 g/mol. The molecule has 0 amide bonds. The van der Waals surface area contributed by atoms with E-state index in [0.717, 1.165) is 24.7 Å². The summed E-state index contributed by atoms with van der Waals surface area (Å²) in [5.41, 5.74) is 2.56. The maximum absolute atomic E-state index is 4.61. The predicted octanol–water partition coefficient (Wildman–Crippen LogP) is 3.53. The van der Waals surface area contributed by atoms with Crippen molar-refractivity contribution in [3.05, 3.63) is 52.0 Å². The van der Waals surface area contributed by atoms with Crippen LogP contribution in [0.4, 0.5) is 0 Å². The lowest BCUT2D eigenvalue weighted by Crippen LogP contribution is -2.24. The van der Waals surface area contributed by atoms with Crippen molar-refractivity contribution < 1.29 is 0 Å². The Kier molecular flexibility index (Phi) is 3.95. The number of benzene rings is 1. The Morgan fingerprint density at radius 1 is 1.32 bits per heavy atom. The fraction of sp³-hybridized carbons (Fsp3) is 0.438. The Labute approximate surface area is 118 Å². The summed E-state index contributed by atoms with van der Waals surface area (Å²) in [7, 11) is 0. The number of thiazole rings is 1.